The number of rotatable bonds is 7. The SMILES string of the molecule is Cc1ccc(S(=O)(=O)NC/C=C(\CBr)S(=O)(=O)c2ccc(C)cc2)cc1. The van der Waals surface area contributed by atoms with E-state index in [2.05, 4.69) is 20.7 Å². The number of nitrogens with one attached hydrogen (secondary N) is 1. The maximum Gasteiger partial charge on any atom is 0.240 e. The number of hydrogen-bond acceptors (Lipinski definition) is 4. The molecular formula is C18H20BrNO4S2. The largest absolute Gasteiger partial charge is 0.240 e. The molecule has 8 heteroatoms. The van der Waals surface area contributed by atoms with Gasteiger partial charge in [-0.25, -0.2) is 21.6 Å². The van der Waals surface area contributed by atoms with Gasteiger partial charge in [0.2, 0.25) is 19.9 Å². The molecule has 0 atom stereocenters. The molecule has 2 aromatic rings. The summed E-state index contributed by atoms with van der Waals surface area (Å²) in [6.45, 7) is 3.62. The Balaban J connectivity index is 2.19. The summed E-state index contributed by atoms with van der Waals surface area (Å²) in [5.41, 5.74) is 1.91. The van der Waals surface area contributed by atoms with Crippen molar-refractivity contribution in [3.8, 4) is 0 Å². The molecule has 0 spiro atoms. The highest BCUT2D eigenvalue weighted by Crippen LogP contribution is 2.21. The lowest BCUT2D eigenvalue weighted by atomic mass is 10.2. The summed E-state index contributed by atoms with van der Waals surface area (Å²) in [5.74, 6) is 0. The second-order valence-corrected chi connectivity index (χ2v) is 10.1. The highest BCUT2D eigenvalue weighted by Gasteiger charge is 2.20. The molecule has 0 radical (unpaired) electrons. The van der Waals surface area contributed by atoms with E-state index in [4.69, 9.17) is 0 Å². The van der Waals surface area contributed by atoms with E-state index in [1.165, 1.54) is 30.3 Å². The Bertz CT molecular complexity index is 994. The highest BCUT2D eigenvalue weighted by atomic mass is 79.9. The summed E-state index contributed by atoms with van der Waals surface area (Å²) >= 11 is 3.17. The van der Waals surface area contributed by atoms with Crippen LogP contribution in [0.5, 0.6) is 0 Å². The number of allylic oxidation sites excluding steroid dienone is 1. The molecule has 0 amide bonds. The Morgan fingerprint density at radius 3 is 1.81 bits per heavy atom. The molecule has 0 saturated heterocycles. The van der Waals surface area contributed by atoms with E-state index in [1.807, 2.05) is 13.8 Å². The molecule has 140 valence electrons. The molecule has 0 unspecified atom stereocenters. The van der Waals surface area contributed by atoms with Gasteiger partial charge >= 0.3 is 0 Å². The quantitative estimate of drug-likeness (QED) is 0.646. The average molecular weight is 458 g/mol. The lowest BCUT2D eigenvalue weighted by Crippen LogP contribution is -2.24. The van der Waals surface area contributed by atoms with Crippen LogP contribution < -0.4 is 4.72 Å². The van der Waals surface area contributed by atoms with Gasteiger partial charge in [0.15, 0.2) is 0 Å². The van der Waals surface area contributed by atoms with E-state index in [1.54, 1.807) is 24.3 Å². The Morgan fingerprint density at radius 1 is 0.885 bits per heavy atom. The van der Waals surface area contributed by atoms with Gasteiger partial charge in [-0.1, -0.05) is 57.4 Å². The number of aryl methyl sites for hydroxylation is 2. The monoisotopic (exact) mass is 457 g/mol. The fourth-order valence-electron chi connectivity index (χ4n) is 2.17. The fourth-order valence-corrected chi connectivity index (χ4v) is 5.51. The average Bonchev–Trinajstić information content (AvgIpc) is 2.59. The van der Waals surface area contributed by atoms with Crippen molar-refractivity contribution in [2.24, 2.45) is 0 Å². The summed E-state index contributed by atoms with van der Waals surface area (Å²) in [4.78, 5) is 0.418. The summed E-state index contributed by atoms with van der Waals surface area (Å²) in [5, 5.41) is 0.0927. The van der Waals surface area contributed by atoms with Crippen molar-refractivity contribution in [3.63, 3.8) is 0 Å². The van der Waals surface area contributed by atoms with Crippen molar-refractivity contribution < 1.29 is 16.8 Å². The molecule has 0 aliphatic rings. The Kier molecular flexibility index (Phi) is 6.79. The molecule has 5 nitrogen and oxygen atoms in total. The normalized spacial score (nSPS) is 13.0. The third-order valence-corrected chi connectivity index (χ3v) is 8.05. The topological polar surface area (TPSA) is 80.3 Å². The summed E-state index contributed by atoms with van der Waals surface area (Å²) < 4.78 is 52.3. The molecule has 2 rings (SSSR count). The van der Waals surface area contributed by atoms with Gasteiger partial charge < -0.3 is 0 Å². The summed E-state index contributed by atoms with van der Waals surface area (Å²) in [7, 11) is -7.38. The van der Waals surface area contributed by atoms with Gasteiger partial charge in [0.1, 0.15) is 0 Å². The Morgan fingerprint density at radius 2 is 1.35 bits per heavy atom. The number of alkyl halides is 1. The third-order valence-electron chi connectivity index (χ3n) is 3.74. The Labute approximate surface area is 163 Å². The Hall–Kier alpha value is -1.48. The molecule has 0 saturated carbocycles. The maximum absolute atomic E-state index is 12.7. The van der Waals surface area contributed by atoms with Gasteiger partial charge in [0.05, 0.1) is 14.7 Å². The van der Waals surface area contributed by atoms with E-state index in [0.717, 1.165) is 11.1 Å². The second-order valence-electron chi connectivity index (χ2n) is 5.79. The van der Waals surface area contributed by atoms with Crippen LogP contribution in [0, 0.1) is 13.8 Å². The fraction of sp³-hybridized carbons (Fsp3) is 0.222. The van der Waals surface area contributed by atoms with Crippen LogP contribution in [-0.4, -0.2) is 28.7 Å². The van der Waals surface area contributed by atoms with E-state index in [-0.39, 0.29) is 26.6 Å². The lowest BCUT2D eigenvalue weighted by molar-refractivity contribution is 0.585. The zero-order chi connectivity index (χ0) is 19.4. The molecular weight excluding hydrogens is 438 g/mol. The first-order valence-electron chi connectivity index (χ1n) is 7.80. The predicted molar refractivity (Wildman–Crippen MR) is 107 cm³/mol. The van der Waals surface area contributed by atoms with Crippen LogP contribution in [-0.2, 0) is 19.9 Å². The molecule has 1 N–H and O–H groups in total. The van der Waals surface area contributed by atoms with Crippen LogP contribution in [0.4, 0.5) is 0 Å². The van der Waals surface area contributed by atoms with Crippen molar-refractivity contribution >= 4 is 35.8 Å². The third kappa shape index (κ3) is 5.03. The second kappa shape index (κ2) is 8.47. The number of benzene rings is 2. The standard InChI is InChI=1S/C18H20BrNO4S2/c1-14-3-7-16(8-4-14)25(21,22)18(13-19)11-12-20-26(23,24)17-9-5-15(2)6-10-17/h3-11,20H,12-13H2,1-2H3/b18-11+. The minimum Gasteiger partial charge on any atom is -0.219 e. The van der Waals surface area contributed by atoms with E-state index in [9.17, 15) is 16.8 Å². The number of sulfone groups is 1. The van der Waals surface area contributed by atoms with Gasteiger partial charge in [-0.3, -0.25) is 0 Å². The lowest BCUT2D eigenvalue weighted by Gasteiger charge is -2.09. The minimum absolute atomic E-state index is 0.0927. The van der Waals surface area contributed by atoms with Gasteiger partial charge in [0, 0.05) is 11.9 Å². The smallest absolute Gasteiger partial charge is 0.219 e. The summed E-state index contributed by atoms with van der Waals surface area (Å²) in [6, 6.07) is 12.9. The van der Waals surface area contributed by atoms with Crippen LogP contribution in [0.2, 0.25) is 0 Å². The zero-order valence-electron chi connectivity index (χ0n) is 14.4. The van der Waals surface area contributed by atoms with Crippen molar-refractivity contribution in [1.29, 1.82) is 0 Å². The molecule has 26 heavy (non-hydrogen) atoms. The van der Waals surface area contributed by atoms with Gasteiger partial charge in [-0.05, 0) is 38.1 Å². The van der Waals surface area contributed by atoms with Crippen LogP contribution in [0.1, 0.15) is 11.1 Å². The molecule has 0 aliphatic carbocycles. The van der Waals surface area contributed by atoms with Crippen LogP contribution >= 0.6 is 15.9 Å². The highest BCUT2D eigenvalue weighted by molar-refractivity contribution is 9.09. The number of hydrogen-bond donors (Lipinski definition) is 1. The van der Waals surface area contributed by atoms with Crippen LogP contribution in [0.3, 0.4) is 0 Å². The molecule has 0 heterocycles. The molecule has 0 aliphatic heterocycles. The van der Waals surface area contributed by atoms with E-state index < -0.39 is 19.9 Å². The van der Waals surface area contributed by atoms with E-state index >= 15 is 0 Å². The summed E-state index contributed by atoms with van der Waals surface area (Å²) in [6.07, 6.45) is 1.37. The molecule has 0 aromatic heterocycles. The van der Waals surface area contributed by atoms with Gasteiger partial charge in [-0.15, -0.1) is 0 Å². The van der Waals surface area contributed by atoms with Crippen molar-refractivity contribution in [1.82, 2.24) is 4.72 Å². The van der Waals surface area contributed by atoms with E-state index in [0.29, 0.717) is 0 Å². The van der Waals surface area contributed by atoms with Crippen molar-refractivity contribution in [2.45, 2.75) is 23.6 Å². The maximum atomic E-state index is 12.7. The van der Waals surface area contributed by atoms with Gasteiger partial charge in [0.25, 0.3) is 0 Å². The predicted octanol–water partition coefficient (Wildman–Crippen LogP) is 3.33. The first-order chi connectivity index (χ1) is 12.2. The number of sulfonamides is 1. The van der Waals surface area contributed by atoms with Crippen LogP contribution in [0.15, 0.2) is 69.3 Å². The van der Waals surface area contributed by atoms with Gasteiger partial charge in [-0.2, -0.15) is 0 Å². The molecule has 0 fully saturated rings. The van der Waals surface area contributed by atoms with Crippen LogP contribution in [0.25, 0.3) is 0 Å². The van der Waals surface area contributed by atoms with Crippen molar-refractivity contribution in [3.05, 3.63) is 70.6 Å². The number of halogens is 1. The minimum atomic E-state index is -3.70. The first-order valence-corrected chi connectivity index (χ1v) is 11.9. The van der Waals surface area contributed by atoms with Crippen molar-refractivity contribution in [2.75, 3.05) is 11.9 Å². The molecule has 2 aromatic carbocycles. The first kappa shape index (κ1) is 20.8. The zero-order valence-corrected chi connectivity index (χ0v) is 17.7. The molecule has 0 bridgehead atoms.